The van der Waals surface area contributed by atoms with Gasteiger partial charge < -0.3 is 14.7 Å². The molecule has 1 atom stereocenters. The Hall–Kier alpha value is -0.610. The Morgan fingerprint density at radius 2 is 2.17 bits per heavy atom. The van der Waals surface area contributed by atoms with Crippen LogP contribution in [0.5, 0.6) is 0 Å². The van der Waals surface area contributed by atoms with E-state index < -0.39 is 11.7 Å². The third-order valence-corrected chi connectivity index (χ3v) is 2.08. The largest absolute Gasteiger partial charge is 0.386 e. The molecule has 0 bridgehead atoms. The fraction of sp³-hybridized carbons (Fsp3) is 0.875. The van der Waals surface area contributed by atoms with E-state index in [2.05, 4.69) is 0 Å². The van der Waals surface area contributed by atoms with Crippen molar-refractivity contribution in [2.45, 2.75) is 25.6 Å². The first-order chi connectivity index (χ1) is 5.46. The van der Waals surface area contributed by atoms with E-state index in [0.717, 1.165) is 0 Å². The molecular formula is C8H15NO3. The second-order valence-corrected chi connectivity index (χ2v) is 3.57. The van der Waals surface area contributed by atoms with Gasteiger partial charge in [-0.25, -0.2) is 0 Å². The molecule has 1 aliphatic heterocycles. The molecule has 1 saturated heterocycles. The van der Waals surface area contributed by atoms with E-state index in [4.69, 9.17) is 4.74 Å². The van der Waals surface area contributed by atoms with Crippen LogP contribution in [-0.4, -0.2) is 47.8 Å². The zero-order chi connectivity index (χ0) is 9.35. The van der Waals surface area contributed by atoms with Gasteiger partial charge in [0.15, 0.2) is 0 Å². The van der Waals surface area contributed by atoms with E-state index in [1.807, 2.05) is 0 Å². The average Bonchev–Trinajstić information content (AvgIpc) is 1.97. The lowest BCUT2D eigenvalue weighted by molar-refractivity contribution is -0.161. The van der Waals surface area contributed by atoms with Gasteiger partial charge in [0.1, 0.15) is 6.10 Å². The van der Waals surface area contributed by atoms with E-state index in [0.29, 0.717) is 13.1 Å². The van der Waals surface area contributed by atoms with Crippen molar-refractivity contribution in [2.75, 3.05) is 20.2 Å². The Bertz CT molecular complexity index is 183. The van der Waals surface area contributed by atoms with Crippen LogP contribution in [0, 0.1) is 0 Å². The van der Waals surface area contributed by atoms with Crippen molar-refractivity contribution in [3.63, 3.8) is 0 Å². The summed E-state index contributed by atoms with van der Waals surface area (Å²) in [5.41, 5.74) is -0.691. The number of ether oxygens (including phenoxy) is 1. The third kappa shape index (κ3) is 1.76. The Kier molecular flexibility index (Phi) is 2.39. The Labute approximate surface area is 72.1 Å². The molecule has 0 radical (unpaired) electrons. The van der Waals surface area contributed by atoms with E-state index >= 15 is 0 Å². The van der Waals surface area contributed by atoms with Gasteiger partial charge in [0.05, 0.1) is 18.7 Å². The van der Waals surface area contributed by atoms with Gasteiger partial charge in [-0.15, -0.1) is 0 Å². The van der Waals surface area contributed by atoms with Crippen molar-refractivity contribution in [2.24, 2.45) is 0 Å². The number of nitrogens with zero attached hydrogens (tertiary/aromatic N) is 1. The lowest BCUT2D eigenvalue weighted by Gasteiger charge is -2.44. The molecule has 4 heteroatoms. The summed E-state index contributed by atoms with van der Waals surface area (Å²) in [5.74, 6) is -0.0518. The Morgan fingerprint density at radius 3 is 2.50 bits per heavy atom. The topological polar surface area (TPSA) is 49.8 Å². The van der Waals surface area contributed by atoms with Gasteiger partial charge in [-0.2, -0.15) is 0 Å². The van der Waals surface area contributed by atoms with Crippen molar-refractivity contribution < 1.29 is 14.6 Å². The molecule has 4 nitrogen and oxygen atoms in total. The highest BCUT2D eigenvalue weighted by Crippen LogP contribution is 2.20. The normalized spacial score (nSPS) is 23.2. The Balaban J connectivity index is 2.38. The molecule has 0 saturated carbocycles. The number of hydrogen-bond donors (Lipinski definition) is 1. The quantitative estimate of drug-likeness (QED) is 0.619. The number of methoxy groups -OCH3 is 1. The number of likely N-dealkylation sites (tertiary alicyclic amines) is 1. The number of β-amino-alcohol motifs (C(OH)–C–C–N with tert-alkyl or cyclic N) is 1. The molecule has 0 aromatic heterocycles. The molecule has 1 N–H and O–H groups in total. The second kappa shape index (κ2) is 3.03. The minimum Gasteiger partial charge on any atom is -0.386 e. The monoisotopic (exact) mass is 173 g/mol. The molecule has 0 spiro atoms. The van der Waals surface area contributed by atoms with E-state index in [-0.39, 0.29) is 5.91 Å². The van der Waals surface area contributed by atoms with Gasteiger partial charge in [-0.3, -0.25) is 4.79 Å². The summed E-state index contributed by atoms with van der Waals surface area (Å²) in [4.78, 5) is 12.9. The number of carbonyl (C=O) groups is 1. The molecule has 1 amide bonds. The molecule has 1 fully saturated rings. The van der Waals surface area contributed by atoms with Crippen molar-refractivity contribution in [1.82, 2.24) is 4.90 Å². The molecule has 0 aromatic rings. The lowest BCUT2D eigenvalue weighted by Crippen LogP contribution is -2.63. The minimum atomic E-state index is -0.691. The maximum atomic E-state index is 11.3. The summed E-state index contributed by atoms with van der Waals surface area (Å²) in [6.45, 7) is 4.25. The smallest absolute Gasteiger partial charge is 0.251 e. The molecule has 0 aliphatic carbocycles. The summed E-state index contributed by atoms with van der Waals surface area (Å²) >= 11 is 0. The van der Waals surface area contributed by atoms with Crippen LogP contribution < -0.4 is 0 Å². The predicted molar refractivity (Wildman–Crippen MR) is 43.7 cm³/mol. The van der Waals surface area contributed by atoms with Crippen molar-refractivity contribution in [1.29, 1.82) is 0 Å². The molecule has 1 rings (SSSR count). The SMILES string of the molecule is COC(C)C(=O)N1CC(C)(O)C1. The fourth-order valence-corrected chi connectivity index (χ4v) is 1.29. The number of hydrogen-bond acceptors (Lipinski definition) is 3. The predicted octanol–water partition coefficient (Wildman–Crippen LogP) is -0.385. The molecule has 12 heavy (non-hydrogen) atoms. The highest BCUT2D eigenvalue weighted by Gasteiger charge is 2.40. The molecule has 70 valence electrons. The molecule has 1 heterocycles. The number of carbonyl (C=O) groups excluding carboxylic acids is 1. The number of aliphatic hydroxyl groups is 1. The summed E-state index contributed by atoms with van der Waals surface area (Å²) in [6.07, 6.45) is -0.402. The van der Waals surface area contributed by atoms with Gasteiger partial charge in [0, 0.05) is 7.11 Å². The fourth-order valence-electron chi connectivity index (χ4n) is 1.29. The van der Waals surface area contributed by atoms with Crippen LogP contribution in [0.15, 0.2) is 0 Å². The van der Waals surface area contributed by atoms with Crippen LogP contribution in [0.1, 0.15) is 13.8 Å². The van der Waals surface area contributed by atoms with Crippen molar-refractivity contribution >= 4 is 5.91 Å². The molecule has 1 aliphatic rings. The van der Waals surface area contributed by atoms with E-state index in [1.54, 1.807) is 18.7 Å². The zero-order valence-electron chi connectivity index (χ0n) is 7.70. The first-order valence-electron chi connectivity index (χ1n) is 4.00. The second-order valence-electron chi connectivity index (χ2n) is 3.57. The first kappa shape index (κ1) is 9.48. The maximum absolute atomic E-state index is 11.3. The van der Waals surface area contributed by atoms with E-state index in [9.17, 15) is 9.90 Å². The molecular weight excluding hydrogens is 158 g/mol. The highest BCUT2D eigenvalue weighted by atomic mass is 16.5. The van der Waals surface area contributed by atoms with Crippen LogP contribution >= 0.6 is 0 Å². The molecule has 1 unspecified atom stereocenters. The number of rotatable bonds is 2. The van der Waals surface area contributed by atoms with Crippen LogP contribution in [0.3, 0.4) is 0 Å². The number of amides is 1. The van der Waals surface area contributed by atoms with Gasteiger partial charge in [-0.1, -0.05) is 0 Å². The summed E-state index contributed by atoms with van der Waals surface area (Å²) < 4.78 is 4.86. The summed E-state index contributed by atoms with van der Waals surface area (Å²) in [7, 11) is 1.50. The molecule has 0 aromatic carbocycles. The van der Waals surface area contributed by atoms with E-state index in [1.165, 1.54) is 7.11 Å². The average molecular weight is 173 g/mol. The van der Waals surface area contributed by atoms with Gasteiger partial charge in [0.25, 0.3) is 5.91 Å². The lowest BCUT2D eigenvalue weighted by atomic mass is 9.96. The van der Waals surface area contributed by atoms with Gasteiger partial charge >= 0.3 is 0 Å². The van der Waals surface area contributed by atoms with Gasteiger partial charge in [-0.05, 0) is 13.8 Å². The summed E-state index contributed by atoms with van der Waals surface area (Å²) in [5, 5.41) is 9.35. The highest BCUT2D eigenvalue weighted by molar-refractivity contribution is 5.81. The zero-order valence-corrected chi connectivity index (χ0v) is 7.70. The van der Waals surface area contributed by atoms with Crippen LogP contribution in [0.4, 0.5) is 0 Å². The third-order valence-electron chi connectivity index (χ3n) is 2.08. The Morgan fingerprint density at radius 1 is 1.67 bits per heavy atom. The summed E-state index contributed by atoms with van der Waals surface area (Å²) in [6, 6.07) is 0. The van der Waals surface area contributed by atoms with Crippen molar-refractivity contribution in [3.8, 4) is 0 Å². The minimum absolute atomic E-state index is 0.0518. The van der Waals surface area contributed by atoms with Crippen molar-refractivity contribution in [3.05, 3.63) is 0 Å². The van der Waals surface area contributed by atoms with Gasteiger partial charge in [0.2, 0.25) is 0 Å². The maximum Gasteiger partial charge on any atom is 0.251 e. The van der Waals surface area contributed by atoms with Crippen LogP contribution in [0.25, 0.3) is 0 Å². The van der Waals surface area contributed by atoms with Crippen LogP contribution in [0.2, 0.25) is 0 Å². The van der Waals surface area contributed by atoms with Crippen LogP contribution in [-0.2, 0) is 9.53 Å². The standard InChI is InChI=1S/C8H15NO3/c1-6(12-3)7(10)9-4-8(2,11)5-9/h6,11H,4-5H2,1-3H3. The first-order valence-corrected chi connectivity index (χ1v) is 4.00.